The van der Waals surface area contributed by atoms with Crippen molar-refractivity contribution in [3.05, 3.63) is 133 Å². The second-order valence-electron chi connectivity index (χ2n) is 6.25. The summed E-state index contributed by atoms with van der Waals surface area (Å²) in [6, 6.07) is 42.6. The molecule has 4 rings (SSSR count). The Kier molecular flexibility index (Phi) is 7.79. The van der Waals surface area contributed by atoms with E-state index in [2.05, 4.69) is 109 Å². The average Bonchev–Trinajstić information content (AvgIpc) is 2.78. The highest BCUT2D eigenvalue weighted by Crippen LogP contribution is 2.32. The summed E-state index contributed by atoms with van der Waals surface area (Å²) in [5, 5.41) is 4.19. The van der Waals surface area contributed by atoms with E-state index < -0.39 is 7.92 Å². The molecule has 138 valence electrons. The van der Waals surface area contributed by atoms with Crippen LogP contribution in [0.25, 0.3) is 6.08 Å². The van der Waals surface area contributed by atoms with Crippen LogP contribution in [0.1, 0.15) is 12.5 Å². The lowest BCUT2D eigenvalue weighted by Gasteiger charge is -2.18. The first-order valence-electron chi connectivity index (χ1n) is 9.51. The molecule has 0 aromatic heterocycles. The van der Waals surface area contributed by atoms with Crippen molar-refractivity contribution in [2.45, 2.75) is 6.92 Å². The summed E-state index contributed by atoms with van der Waals surface area (Å²) in [5.74, 6) is 0. The van der Waals surface area contributed by atoms with Crippen molar-refractivity contribution in [3.8, 4) is 0 Å². The molecule has 0 nitrogen and oxygen atoms in total. The molecule has 0 aliphatic carbocycles. The number of rotatable bonds is 4. The van der Waals surface area contributed by atoms with E-state index in [9.17, 15) is 0 Å². The summed E-state index contributed by atoms with van der Waals surface area (Å²) < 4.78 is 0. The molecule has 0 aliphatic rings. The van der Waals surface area contributed by atoms with E-state index in [4.69, 9.17) is 0 Å². The van der Waals surface area contributed by atoms with E-state index in [1.54, 1.807) is 0 Å². The van der Waals surface area contributed by atoms with Crippen molar-refractivity contribution in [1.82, 2.24) is 0 Å². The Hall–Kier alpha value is -2.95. The highest BCUT2D eigenvalue weighted by Gasteiger charge is 2.14. The predicted octanol–water partition coefficient (Wildman–Crippen LogP) is 6.16. The van der Waals surface area contributed by atoms with Crippen molar-refractivity contribution in [2.24, 2.45) is 0 Å². The Morgan fingerprint density at radius 3 is 1.11 bits per heavy atom. The van der Waals surface area contributed by atoms with Crippen LogP contribution in [0.15, 0.2) is 127 Å². The summed E-state index contributed by atoms with van der Waals surface area (Å²) in [6.07, 6.45) is 4.12. The van der Waals surface area contributed by atoms with Gasteiger partial charge in [0, 0.05) is 0 Å². The zero-order valence-corrected chi connectivity index (χ0v) is 17.0. The second-order valence-corrected chi connectivity index (χ2v) is 8.47. The molecule has 0 saturated carbocycles. The maximum atomic E-state index is 2.23. The van der Waals surface area contributed by atoms with Crippen LogP contribution in [0.4, 0.5) is 0 Å². The van der Waals surface area contributed by atoms with Crippen LogP contribution in [0.2, 0.25) is 0 Å². The normalized spacial score (nSPS) is 10.5. The number of hydrogen-bond acceptors (Lipinski definition) is 0. The number of allylic oxidation sites excluding steroid dienone is 1. The van der Waals surface area contributed by atoms with Crippen LogP contribution in [-0.4, -0.2) is 0 Å². The second kappa shape index (κ2) is 11.0. The van der Waals surface area contributed by atoms with Gasteiger partial charge in [0.05, 0.1) is 0 Å². The Bertz CT molecular complexity index is 852. The van der Waals surface area contributed by atoms with Gasteiger partial charge in [0.1, 0.15) is 0 Å². The molecule has 0 amide bonds. The van der Waals surface area contributed by atoms with E-state index in [1.165, 1.54) is 21.5 Å². The summed E-state index contributed by atoms with van der Waals surface area (Å²) in [5.41, 5.74) is 1.26. The molecule has 0 saturated heterocycles. The molecule has 0 atom stereocenters. The molecular formula is C27H25P. The van der Waals surface area contributed by atoms with Gasteiger partial charge >= 0.3 is 0 Å². The van der Waals surface area contributed by atoms with Gasteiger partial charge in [-0.25, -0.2) is 0 Å². The van der Waals surface area contributed by atoms with Gasteiger partial charge in [0.25, 0.3) is 0 Å². The lowest BCUT2D eigenvalue weighted by molar-refractivity contribution is 1.64. The van der Waals surface area contributed by atoms with Gasteiger partial charge in [-0.3, -0.25) is 0 Å². The van der Waals surface area contributed by atoms with Gasteiger partial charge in [0.15, 0.2) is 0 Å². The molecule has 4 aromatic carbocycles. The molecule has 0 unspecified atom stereocenters. The molecule has 0 spiro atoms. The average molecular weight is 380 g/mol. The van der Waals surface area contributed by atoms with Crippen LogP contribution >= 0.6 is 7.92 Å². The van der Waals surface area contributed by atoms with Crippen LogP contribution < -0.4 is 15.9 Å². The van der Waals surface area contributed by atoms with Gasteiger partial charge < -0.3 is 0 Å². The highest BCUT2D eigenvalue weighted by atomic mass is 31.1. The van der Waals surface area contributed by atoms with Crippen LogP contribution in [0.5, 0.6) is 0 Å². The van der Waals surface area contributed by atoms with Gasteiger partial charge in [-0.15, -0.1) is 0 Å². The maximum Gasteiger partial charge on any atom is -0.0134 e. The summed E-state index contributed by atoms with van der Waals surface area (Å²) >= 11 is 0. The van der Waals surface area contributed by atoms with Gasteiger partial charge in [-0.2, -0.15) is 0 Å². The molecule has 0 fully saturated rings. The summed E-state index contributed by atoms with van der Waals surface area (Å²) in [4.78, 5) is 0. The zero-order valence-electron chi connectivity index (χ0n) is 16.1. The Morgan fingerprint density at radius 2 is 0.786 bits per heavy atom. The molecule has 4 aromatic rings. The third kappa shape index (κ3) is 5.78. The van der Waals surface area contributed by atoms with Crippen molar-refractivity contribution in [3.63, 3.8) is 0 Å². The standard InChI is InChI=1S/C18H15P.C9H10/c1-4-10-16(11-5-1)19(17-12-6-2-7-13-17)18-14-8-3-9-15-18;1-2-6-9-7-4-3-5-8-9/h1-15H;2-8H,1H3. The summed E-state index contributed by atoms with van der Waals surface area (Å²) in [6.45, 7) is 2.02. The molecule has 28 heavy (non-hydrogen) atoms. The van der Waals surface area contributed by atoms with Crippen molar-refractivity contribution >= 4 is 29.9 Å². The Morgan fingerprint density at radius 1 is 0.464 bits per heavy atom. The quantitative estimate of drug-likeness (QED) is 0.372. The minimum Gasteiger partial charge on any atom is -0.0871 e. The predicted molar refractivity (Wildman–Crippen MR) is 126 cm³/mol. The fourth-order valence-corrected chi connectivity index (χ4v) is 5.24. The fourth-order valence-electron chi connectivity index (χ4n) is 2.94. The number of benzene rings is 4. The van der Waals surface area contributed by atoms with Gasteiger partial charge in [-0.05, 0) is 36.3 Å². The maximum absolute atomic E-state index is 2.23. The van der Waals surface area contributed by atoms with Crippen LogP contribution in [-0.2, 0) is 0 Å². The fraction of sp³-hybridized carbons (Fsp3) is 0.0370. The lowest BCUT2D eigenvalue weighted by atomic mass is 10.2. The SMILES string of the molecule is CC=Cc1ccccc1.c1ccc(P(c2ccccc2)c2ccccc2)cc1. The van der Waals surface area contributed by atoms with E-state index in [0.717, 1.165) is 0 Å². The minimum atomic E-state index is -0.446. The molecule has 0 heterocycles. The monoisotopic (exact) mass is 380 g/mol. The molecule has 0 aliphatic heterocycles. The highest BCUT2D eigenvalue weighted by molar-refractivity contribution is 7.79. The largest absolute Gasteiger partial charge is 0.0871 e. The topological polar surface area (TPSA) is 0 Å². The van der Waals surface area contributed by atoms with Crippen LogP contribution in [0.3, 0.4) is 0 Å². The van der Waals surface area contributed by atoms with Crippen LogP contribution in [0, 0.1) is 0 Å². The first-order chi connectivity index (χ1) is 13.9. The smallest absolute Gasteiger partial charge is 0.0134 e. The molecular weight excluding hydrogens is 355 g/mol. The Balaban J connectivity index is 0.000000211. The molecule has 0 bridgehead atoms. The Labute approximate surface area is 170 Å². The zero-order chi connectivity index (χ0) is 19.4. The first kappa shape index (κ1) is 19.8. The van der Waals surface area contributed by atoms with E-state index >= 15 is 0 Å². The van der Waals surface area contributed by atoms with Crippen molar-refractivity contribution < 1.29 is 0 Å². The first-order valence-corrected chi connectivity index (χ1v) is 10.9. The molecule has 0 radical (unpaired) electrons. The third-order valence-corrected chi connectivity index (χ3v) is 6.65. The van der Waals surface area contributed by atoms with Crippen molar-refractivity contribution in [2.75, 3.05) is 0 Å². The van der Waals surface area contributed by atoms with Gasteiger partial charge in [0.2, 0.25) is 0 Å². The van der Waals surface area contributed by atoms with E-state index in [-0.39, 0.29) is 0 Å². The minimum absolute atomic E-state index is 0.446. The number of hydrogen-bond donors (Lipinski definition) is 0. The third-order valence-electron chi connectivity index (χ3n) is 4.20. The lowest BCUT2D eigenvalue weighted by Crippen LogP contribution is -2.20. The molecule has 1 heteroatoms. The van der Waals surface area contributed by atoms with Gasteiger partial charge in [-0.1, -0.05) is 133 Å². The molecule has 0 N–H and O–H groups in total. The summed E-state index contributed by atoms with van der Waals surface area (Å²) in [7, 11) is -0.446. The van der Waals surface area contributed by atoms with E-state index in [1.807, 2.05) is 31.2 Å². The van der Waals surface area contributed by atoms with Crippen molar-refractivity contribution in [1.29, 1.82) is 0 Å². The van der Waals surface area contributed by atoms with E-state index in [0.29, 0.717) is 0 Å².